The second-order valence-corrected chi connectivity index (χ2v) is 5.24. The molecular formula is C14H24ClNO2. The fourth-order valence-corrected chi connectivity index (χ4v) is 1.91. The molecule has 0 heterocycles. The Hall–Kier alpha value is -0.610. The van der Waals surface area contributed by atoms with Crippen molar-refractivity contribution in [3.63, 3.8) is 0 Å². The van der Waals surface area contributed by atoms with E-state index in [4.69, 9.17) is 4.74 Å². The van der Waals surface area contributed by atoms with Crippen LogP contribution in [0.1, 0.15) is 12.5 Å². The van der Waals surface area contributed by atoms with Crippen molar-refractivity contribution in [3.05, 3.63) is 35.9 Å². The van der Waals surface area contributed by atoms with Gasteiger partial charge in [-0.2, -0.15) is 0 Å². The maximum absolute atomic E-state index is 9.35. The number of likely N-dealkylation sites (N-methyl/N-ethyl adjacent to an activating group) is 1. The summed E-state index contributed by atoms with van der Waals surface area (Å²) < 4.78 is 6.35. The van der Waals surface area contributed by atoms with Crippen molar-refractivity contribution in [1.82, 2.24) is 0 Å². The highest BCUT2D eigenvalue weighted by Gasteiger charge is 2.17. The van der Waals surface area contributed by atoms with Gasteiger partial charge in [0.05, 0.1) is 20.7 Å². The molecule has 4 heteroatoms. The van der Waals surface area contributed by atoms with Gasteiger partial charge in [-0.25, -0.2) is 0 Å². The van der Waals surface area contributed by atoms with E-state index < -0.39 is 0 Å². The summed E-state index contributed by atoms with van der Waals surface area (Å²) in [6, 6.07) is 10.3. The molecule has 104 valence electrons. The van der Waals surface area contributed by atoms with Gasteiger partial charge in [0.1, 0.15) is 12.6 Å². The first-order chi connectivity index (χ1) is 7.99. The normalized spacial score (nSPS) is 12.9. The predicted octanol–water partition coefficient (Wildman–Crippen LogP) is -1.34. The number of benzene rings is 1. The molecule has 0 radical (unpaired) electrons. The monoisotopic (exact) mass is 273 g/mol. The molecule has 0 aliphatic carbocycles. The zero-order chi connectivity index (χ0) is 12.7. The van der Waals surface area contributed by atoms with Crippen LogP contribution < -0.4 is 12.4 Å². The molecule has 0 spiro atoms. The van der Waals surface area contributed by atoms with Crippen LogP contribution in [0.2, 0.25) is 0 Å². The van der Waals surface area contributed by atoms with E-state index in [-0.39, 0.29) is 18.5 Å². The number of aliphatic hydroxyl groups excluding tert-OH is 1. The number of rotatable bonds is 7. The van der Waals surface area contributed by atoms with Crippen LogP contribution in [0.5, 0.6) is 0 Å². The zero-order valence-corrected chi connectivity index (χ0v) is 12.2. The number of ether oxygens (including phenoxy) is 1. The van der Waals surface area contributed by atoms with E-state index in [2.05, 4.69) is 26.2 Å². The van der Waals surface area contributed by atoms with Crippen molar-refractivity contribution >= 4 is 0 Å². The first-order valence-corrected chi connectivity index (χ1v) is 6.11. The Morgan fingerprint density at radius 3 is 2.39 bits per heavy atom. The third-order valence-corrected chi connectivity index (χ3v) is 2.58. The molecular weight excluding hydrogens is 250 g/mol. The minimum atomic E-state index is -0.289. The van der Waals surface area contributed by atoms with E-state index in [1.54, 1.807) is 0 Å². The Kier molecular flexibility index (Phi) is 8.20. The Morgan fingerprint density at radius 2 is 1.83 bits per heavy atom. The first kappa shape index (κ1) is 17.4. The molecule has 0 bridgehead atoms. The molecule has 0 saturated heterocycles. The van der Waals surface area contributed by atoms with Crippen LogP contribution in [-0.4, -0.2) is 49.7 Å². The summed E-state index contributed by atoms with van der Waals surface area (Å²) >= 11 is 0. The van der Waals surface area contributed by atoms with Crippen molar-refractivity contribution < 1.29 is 26.7 Å². The predicted molar refractivity (Wildman–Crippen MR) is 69.6 cm³/mol. The average molecular weight is 274 g/mol. The highest BCUT2D eigenvalue weighted by atomic mass is 35.5. The van der Waals surface area contributed by atoms with Gasteiger partial charge in [-0.1, -0.05) is 30.3 Å². The Bertz CT molecular complexity index is 315. The summed E-state index contributed by atoms with van der Waals surface area (Å²) in [6.07, 6.45) is 0.651. The van der Waals surface area contributed by atoms with Crippen LogP contribution in [0, 0.1) is 0 Å². The topological polar surface area (TPSA) is 29.5 Å². The molecule has 1 N–H and O–H groups in total. The van der Waals surface area contributed by atoms with Crippen LogP contribution in [0.4, 0.5) is 0 Å². The summed E-state index contributed by atoms with van der Waals surface area (Å²) in [5, 5.41) is 9.35. The zero-order valence-electron chi connectivity index (χ0n) is 11.5. The lowest BCUT2D eigenvalue weighted by Crippen LogP contribution is -3.00. The molecule has 0 aliphatic heterocycles. The summed E-state index contributed by atoms with van der Waals surface area (Å²) in [5.41, 5.74) is 1.30. The van der Waals surface area contributed by atoms with E-state index in [1.807, 2.05) is 25.1 Å². The Morgan fingerprint density at radius 1 is 1.22 bits per heavy atom. The molecule has 3 nitrogen and oxygen atoms in total. The second kappa shape index (κ2) is 8.48. The lowest BCUT2D eigenvalue weighted by Gasteiger charge is -2.30. The minimum Gasteiger partial charge on any atom is -1.00 e. The lowest BCUT2D eigenvalue weighted by molar-refractivity contribution is -0.912. The van der Waals surface area contributed by atoms with E-state index in [1.165, 1.54) is 5.56 Å². The fourth-order valence-electron chi connectivity index (χ4n) is 1.91. The van der Waals surface area contributed by atoms with Crippen LogP contribution in [-0.2, 0) is 11.2 Å². The van der Waals surface area contributed by atoms with Crippen molar-refractivity contribution in [3.8, 4) is 0 Å². The smallest absolute Gasteiger partial charge is 0.182 e. The molecule has 18 heavy (non-hydrogen) atoms. The highest BCUT2D eigenvalue weighted by molar-refractivity contribution is 5.14. The molecule has 0 aliphatic rings. The van der Waals surface area contributed by atoms with Gasteiger partial charge >= 0.3 is 0 Å². The van der Waals surface area contributed by atoms with Gasteiger partial charge in [0.15, 0.2) is 6.73 Å². The fraction of sp³-hybridized carbons (Fsp3) is 0.571. The molecule has 1 rings (SSSR count). The molecule has 1 unspecified atom stereocenters. The van der Waals surface area contributed by atoms with Crippen LogP contribution in [0.3, 0.4) is 0 Å². The van der Waals surface area contributed by atoms with Gasteiger partial charge in [-0.3, -0.25) is 0 Å². The third kappa shape index (κ3) is 7.67. The maximum Gasteiger partial charge on any atom is 0.182 e. The first-order valence-electron chi connectivity index (χ1n) is 6.11. The number of quaternary nitrogens is 1. The number of halogens is 1. The molecule has 0 amide bonds. The molecule has 1 aromatic rings. The molecule has 0 aromatic heterocycles. The van der Waals surface area contributed by atoms with E-state index in [0.29, 0.717) is 17.8 Å². The number of hydrogen-bond donors (Lipinski definition) is 1. The van der Waals surface area contributed by atoms with Crippen molar-refractivity contribution in [2.75, 3.05) is 34.0 Å². The molecule has 1 aromatic carbocycles. The molecule has 0 saturated carbocycles. The summed E-state index contributed by atoms with van der Waals surface area (Å²) in [6.45, 7) is 3.89. The lowest BCUT2D eigenvalue weighted by atomic mass is 10.2. The van der Waals surface area contributed by atoms with Crippen LogP contribution in [0.15, 0.2) is 30.3 Å². The number of aliphatic hydroxyl groups is 1. The third-order valence-electron chi connectivity index (χ3n) is 2.58. The largest absolute Gasteiger partial charge is 1.00 e. The number of hydrogen-bond acceptors (Lipinski definition) is 2. The quantitative estimate of drug-likeness (QED) is 0.379. The minimum absolute atomic E-state index is 0. The SMILES string of the molecule is CC(O)C[N+](C)(C)COCCc1ccccc1.[Cl-]. The van der Waals surface area contributed by atoms with E-state index in [9.17, 15) is 5.11 Å². The summed E-state index contributed by atoms with van der Waals surface area (Å²) in [4.78, 5) is 0. The summed E-state index contributed by atoms with van der Waals surface area (Å²) in [7, 11) is 4.13. The van der Waals surface area contributed by atoms with Crippen molar-refractivity contribution in [1.29, 1.82) is 0 Å². The van der Waals surface area contributed by atoms with E-state index >= 15 is 0 Å². The van der Waals surface area contributed by atoms with Gasteiger partial charge in [-0.15, -0.1) is 0 Å². The van der Waals surface area contributed by atoms with Crippen molar-refractivity contribution in [2.45, 2.75) is 19.4 Å². The maximum atomic E-state index is 9.35. The van der Waals surface area contributed by atoms with Gasteiger partial charge in [-0.05, 0) is 18.9 Å². The molecule has 0 fully saturated rings. The summed E-state index contributed by atoms with van der Waals surface area (Å²) in [5.74, 6) is 0. The van der Waals surface area contributed by atoms with Crippen LogP contribution >= 0.6 is 0 Å². The van der Waals surface area contributed by atoms with E-state index in [0.717, 1.165) is 13.0 Å². The van der Waals surface area contributed by atoms with Crippen molar-refractivity contribution in [2.24, 2.45) is 0 Å². The Balaban J connectivity index is 0.00000289. The molecule has 1 atom stereocenters. The average Bonchev–Trinajstić information content (AvgIpc) is 2.24. The van der Waals surface area contributed by atoms with Crippen LogP contribution in [0.25, 0.3) is 0 Å². The number of nitrogens with zero attached hydrogens (tertiary/aromatic N) is 1. The Labute approximate surface area is 116 Å². The van der Waals surface area contributed by atoms with Gasteiger partial charge in [0, 0.05) is 0 Å². The standard InChI is InChI=1S/C14H24NO2.ClH/c1-13(16)11-15(2,3)12-17-10-9-14-7-5-4-6-8-14;/h4-8,13,16H,9-12H2,1-3H3;1H/q+1;/p-1. The highest BCUT2D eigenvalue weighted by Crippen LogP contribution is 2.03. The van der Waals surface area contributed by atoms with Gasteiger partial charge < -0.3 is 26.7 Å². The van der Waals surface area contributed by atoms with Gasteiger partial charge in [0.25, 0.3) is 0 Å². The second-order valence-electron chi connectivity index (χ2n) is 5.24. The van der Waals surface area contributed by atoms with Gasteiger partial charge in [0.2, 0.25) is 0 Å².